The lowest BCUT2D eigenvalue weighted by Crippen LogP contribution is -2.35. The van der Waals surface area contributed by atoms with Gasteiger partial charge in [0, 0.05) is 5.92 Å². The van der Waals surface area contributed by atoms with Crippen LogP contribution in [0.2, 0.25) is 0 Å². The van der Waals surface area contributed by atoms with Gasteiger partial charge in [-0.1, -0.05) is 0 Å². The molecule has 1 aliphatic heterocycles. The lowest BCUT2D eigenvalue weighted by molar-refractivity contribution is -0.121. The Bertz CT molecular complexity index is 578. The van der Waals surface area contributed by atoms with E-state index in [1.807, 2.05) is 0 Å². The quantitative estimate of drug-likeness (QED) is 0.757. The van der Waals surface area contributed by atoms with Crippen molar-refractivity contribution >= 4 is 23.2 Å². The number of ketones is 2. The van der Waals surface area contributed by atoms with Crippen molar-refractivity contribution in [2.75, 3.05) is 11.4 Å². The molecule has 1 amide bonds. The number of hydrogen-bond donors (Lipinski definition) is 0. The second kappa shape index (κ2) is 3.73. The molecular formula is C13H10FNO3. The van der Waals surface area contributed by atoms with Crippen LogP contribution < -0.4 is 4.90 Å². The molecule has 1 heterocycles. The van der Waals surface area contributed by atoms with E-state index in [4.69, 9.17) is 0 Å². The van der Waals surface area contributed by atoms with Crippen LogP contribution in [-0.4, -0.2) is 24.0 Å². The van der Waals surface area contributed by atoms with Gasteiger partial charge >= 0.3 is 0 Å². The molecule has 5 heteroatoms. The first kappa shape index (κ1) is 11.1. The third-order valence-corrected chi connectivity index (χ3v) is 3.28. The van der Waals surface area contributed by atoms with E-state index in [1.54, 1.807) is 0 Å². The number of fused-ring (bicyclic) bond motifs is 1. The van der Waals surface area contributed by atoms with E-state index >= 15 is 0 Å². The molecule has 3 rings (SSSR count). The fraction of sp³-hybridized carbons (Fsp3) is 0.308. The first-order valence-corrected chi connectivity index (χ1v) is 5.76. The summed E-state index contributed by atoms with van der Waals surface area (Å²) in [6.07, 6.45) is 1.68. The zero-order valence-electron chi connectivity index (χ0n) is 9.48. The molecule has 0 unspecified atom stereocenters. The Morgan fingerprint density at radius 3 is 2.72 bits per heavy atom. The van der Waals surface area contributed by atoms with Crippen molar-refractivity contribution in [3.8, 4) is 0 Å². The summed E-state index contributed by atoms with van der Waals surface area (Å²) in [7, 11) is 0. The first-order chi connectivity index (χ1) is 8.58. The molecule has 1 aliphatic carbocycles. The van der Waals surface area contributed by atoms with Crippen LogP contribution in [-0.2, 0) is 9.59 Å². The first-order valence-electron chi connectivity index (χ1n) is 5.76. The number of halogens is 1. The topological polar surface area (TPSA) is 54.5 Å². The molecule has 0 bridgehead atoms. The van der Waals surface area contributed by atoms with Crippen LogP contribution >= 0.6 is 0 Å². The average Bonchev–Trinajstić information content (AvgIpc) is 3.15. The van der Waals surface area contributed by atoms with Gasteiger partial charge in [-0.3, -0.25) is 19.3 Å². The van der Waals surface area contributed by atoms with Crippen molar-refractivity contribution in [1.29, 1.82) is 0 Å². The number of benzene rings is 1. The number of rotatable bonds is 3. The van der Waals surface area contributed by atoms with Gasteiger partial charge < -0.3 is 0 Å². The van der Waals surface area contributed by atoms with Crippen LogP contribution in [0.4, 0.5) is 10.1 Å². The SMILES string of the molecule is O=C1C(=O)N(CC(=O)C2CC2)c2cc(F)ccc21. The monoisotopic (exact) mass is 247 g/mol. The fourth-order valence-electron chi connectivity index (χ4n) is 2.11. The Hall–Kier alpha value is -2.04. The predicted molar refractivity (Wildman–Crippen MR) is 60.8 cm³/mol. The minimum absolute atomic E-state index is 0.00510. The molecule has 1 aromatic rings. The second-order valence-electron chi connectivity index (χ2n) is 4.62. The second-order valence-corrected chi connectivity index (χ2v) is 4.62. The molecule has 1 fully saturated rings. The average molecular weight is 247 g/mol. The van der Waals surface area contributed by atoms with Crippen LogP contribution in [0.15, 0.2) is 18.2 Å². The van der Waals surface area contributed by atoms with E-state index < -0.39 is 17.5 Å². The maximum atomic E-state index is 13.2. The van der Waals surface area contributed by atoms with Gasteiger partial charge in [0.2, 0.25) is 0 Å². The van der Waals surface area contributed by atoms with Gasteiger partial charge in [-0.15, -0.1) is 0 Å². The lowest BCUT2D eigenvalue weighted by atomic mass is 10.1. The molecule has 0 aromatic heterocycles. The van der Waals surface area contributed by atoms with Crippen LogP contribution in [0.5, 0.6) is 0 Å². The Kier molecular flexibility index (Phi) is 2.29. The maximum Gasteiger partial charge on any atom is 0.299 e. The minimum atomic E-state index is -0.746. The number of nitrogens with zero attached hydrogens (tertiary/aromatic N) is 1. The number of carbonyl (C=O) groups excluding carboxylic acids is 3. The van der Waals surface area contributed by atoms with Gasteiger partial charge in [0.1, 0.15) is 5.82 Å². The summed E-state index contributed by atoms with van der Waals surface area (Å²) in [6.45, 7) is -0.133. The number of Topliss-reactive ketones (excluding diaryl/α,β-unsaturated/α-hetero) is 2. The molecule has 92 valence electrons. The maximum absolute atomic E-state index is 13.2. The van der Waals surface area contributed by atoms with Crippen molar-refractivity contribution in [3.05, 3.63) is 29.6 Å². The molecular weight excluding hydrogens is 237 g/mol. The van der Waals surface area contributed by atoms with E-state index in [1.165, 1.54) is 6.07 Å². The summed E-state index contributed by atoms with van der Waals surface area (Å²) in [5.41, 5.74) is 0.379. The van der Waals surface area contributed by atoms with Crippen LogP contribution in [0.3, 0.4) is 0 Å². The summed E-state index contributed by atoms with van der Waals surface area (Å²) in [4.78, 5) is 36.2. The Labute approximate surface area is 102 Å². The van der Waals surface area contributed by atoms with E-state index in [2.05, 4.69) is 0 Å². The van der Waals surface area contributed by atoms with Gasteiger partial charge in [0.25, 0.3) is 11.7 Å². The zero-order chi connectivity index (χ0) is 12.9. The Morgan fingerprint density at radius 1 is 1.33 bits per heavy atom. The zero-order valence-corrected chi connectivity index (χ0v) is 9.48. The standard InChI is InChI=1S/C13H10FNO3/c14-8-3-4-9-10(5-8)15(13(18)12(9)17)6-11(16)7-1-2-7/h3-5,7H,1-2,6H2. The lowest BCUT2D eigenvalue weighted by Gasteiger charge is -2.15. The normalized spacial score (nSPS) is 18.2. The molecule has 2 aliphatic rings. The third kappa shape index (κ3) is 1.63. The minimum Gasteiger partial charge on any atom is -0.297 e. The molecule has 0 saturated heterocycles. The van der Waals surface area contributed by atoms with Crippen molar-refractivity contribution < 1.29 is 18.8 Å². The van der Waals surface area contributed by atoms with Crippen molar-refractivity contribution in [2.24, 2.45) is 5.92 Å². The molecule has 0 atom stereocenters. The highest BCUT2D eigenvalue weighted by molar-refractivity contribution is 6.52. The molecule has 0 N–H and O–H groups in total. The summed E-state index contributed by atoms with van der Waals surface area (Å²) < 4.78 is 13.2. The highest BCUT2D eigenvalue weighted by Crippen LogP contribution is 2.33. The summed E-state index contributed by atoms with van der Waals surface area (Å²) in [6, 6.07) is 3.54. The smallest absolute Gasteiger partial charge is 0.297 e. The van der Waals surface area contributed by atoms with Crippen molar-refractivity contribution in [2.45, 2.75) is 12.8 Å². The molecule has 1 aromatic carbocycles. The fourth-order valence-corrected chi connectivity index (χ4v) is 2.11. The summed E-state index contributed by atoms with van der Waals surface area (Å²) in [5.74, 6) is -2.00. The van der Waals surface area contributed by atoms with E-state index in [9.17, 15) is 18.8 Å². The van der Waals surface area contributed by atoms with E-state index in [0.29, 0.717) is 0 Å². The van der Waals surface area contributed by atoms with Crippen LogP contribution in [0.25, 0.3) is 0 Å². The number of hydrogen-bond acceptors (Lipinski definition) is 3. The van der Waals surface area contributed by atoms with Gasteiger partial charge in [-0.2, -0.15) is 0 Å². The summed E-state index contributed by atoms with van der Waals surface area (Å²) in [5, 5.41) is 0. The molecule has 4 nitrogen and oxygen atoms in total. The van der Waals surface area contributed by atoms with Crippen LogP contribution in [0.1, 0.15) is 23.2 Å². The van der Waals surface area contributed by atoms with E-state index in [0.717, 1.165) is 29.9 Å². The van der Waals surface area contributed by atoms with Crippen molar-refractivity contribution in [1.82, 2.24) is 0 Å². The third-order valence-electron chi connectivity index (χ3n) is 3.28. The molecule has 1 saturated carbocycles. The van der Waals surface area contributed by atoms with Crippen molar-refractivity contribution in [3.63, 3.8) is 0 Å². The number of anilines is 1. The van der Waals surface area contributed by atoms with Crippen LogP contribution in [0, 0.1) is 11.7 Å². The molecule has 0 spiro atoms. The Morgan fingerprint density at radius 2 is 2.06 bits per heavy atom. The molecule has 18 heavy (non-hydrogen) atoms. The van der Waals surface area contributed by atoms with Gasteiger partial charge in [-0.25, -0.2) is 4.39 Å². The Balaban J connectivity index is 1.95. The number of carbonyl (C=O) groups is 3. The predicted octanol–water partition coefficient (Wildman–Crippen LogP) is 1.33. The molecule has 0 radical (unpaired) electrons. The largest absolute Gasteiger partial charge is 0.299 e. The van der Waals surface area contributed by atoms with Gasteiger partial charge in [0.05, 0.1) is 17.8 Å². The van der Waals surface area contributed by atoms with Gasteiger partial charge in [-0.05, 0) is 31.0 Å². The summed E-state index contributed by atoms with van der Waals surface area (Å²) >= 11 is 0. The van der Waals surface area contributed by atoms with Gasteiger partial charge in [0.15, 0.2) is 5.78 Å². The highest BCUT2D eigenvalue weighted by Gasteiger charge is 2.39. The van der Waals surface area contributed by atoms with E-state index in [-0.39, 0.29) is 29.5 Å². The highest BCUT2D eigenvalue weighted by atomic mass is 19.1. The number of amides is 1.